The van der Waals surface area contributed by atoms with Gasteiger partial charge in [0, 0.05) is 18.2 Å². The van der Waals surface area contributed by atoms with E-state index >= 15 is 0 Å². The van der Waals surface area contributed by atoms with Crippen molar-refractivity contribution in [3.63, 3.8) is 0 Å². The van der Waals surface area contributed by atoms with E-state index in [0.717, 1.165) is 30.5 Å². The summed E-state index contributed by atoms with van der Waals surface area (Å²) < 4.78 is 4.72. The van der Waals surface area contributed by atoms with E-state index in [2.05, 4.69) is 51.7 Å². The molecular weight excluding hydrogens is 352 g/mol. The number of nitrogens with zero attached hydrogens (tertiary/aromatic N) is 2. The molecule has 0 amide bonds. The molecule has 0 fully saturated rings. The lowest BCUT2D eigenvalue weighted by Crippen LogP contribution is -2.18. The molecule has 28 heavy (non-hydrogen) atoms. The third-order valence-electron chi connectivity index (χ3n) is 5.09. The van der Waals surface area contributed by atoms with Crippen LogP contribution < -0.4 is 11.1 Å². The van der Waals surface area contributed by atoms with Gasteiger partial charge in [0.2, 0.25) is 0 Å². The zero-order valence-electron chi connectivity index (χ0n) is 15.7. The van der Waals surface area contributed by atoms with Gasteiger partial charge >= 0.3 is 5.97 Å². The predicted molar refractivity (Wildman–Crippen MR) is 108 cm³/mol. The summed E-state index contributed by atoms with van der Waals surface area (Å²) in [5.41, 5.74) is 11.2. The van der Waals surface area contributed by atoms with Gasteiger partial charge in [-0.1, -0.05) is 42.5 Å². The van der Waals surface area contributed by atoms with Gasteiger partial charge in [0.1, 0.15) is 0 Å². The summed E-state index contributed by atoms with van der Waals surface area (Å²) in [5, 5.41) is 3.65. The van der Waals surface area contributed by atoms with Crippen molar-refractivity contribution in [2.75, 3.05) is 12.8 Å². The predicted octanol–water partition coefficient (Wildman–Crippen LogP) is 3.29. The van der Waals surface area contributed by atoms with Crippen molar-refractivity contribution in [2.24, 2.45) is 0 Å². The van der Waals surface area contributed by atoms with Crippen LogP contribution >= 0.6 is 0 Å². The molecule has 3 N–H and O–H groups in total. The van der Waals surface area contributed by atoms with Crippen molar-refractivity contribution >= 4 is 11.8 Å². The maximum Gasteiger partial charge on any atom is 0.360 e. The lowest BCUT2D eigenvalue weighted by atomic mass is 10.1. The van der Waals surface area contributed by atoms with Crippen molar-refractivity contribution in [1.29, 1.82) is 0 Å². The van der Waals surface area contributed by atoms with Crippen LogP contribution in [0.5, 0.6) is 0 Å². The normalized spacial score (nSPS) is 15.2. The van der Waals surface area contributed by atoms with E-state index in [9.17, 15) is 4.79 Å². The van der Waals surface area contributed by atoms with Crippen LogP contribution in [0.25, 0.3) is 11.3 Å². The molecule has 142 valence electrons. The van der Waals surface area contributed by atoms with E-state index < -0.39 is 5.97 Å². The summed E-state index contributed by atoms with van der Waals surface area (Å²) in [4.78, 5) is 20.2. The molecule has 0 bridgehead atoms. The highest BCUT2D eigenvalue weighted by atomic mass is 16.5. The van der Waals surface area contributed by atoms with E-state index in [1.54, 1.807) is 6.20 Å². The Morgan fingerprint density at radius 3 is 2.96 bits per heavy atom. The Hall–Kier alpha value is -3.25. The van der Waals surface area contributed by atoms with Crippen LogP contribution in [-0.2, 0) is 17.7 Å². The largest absolute Gasteiger partial charge is 0.464 e. The number of aryl methyl sites for hydroxylation is 1. The van der Waals surface area contributed by atoms with E-state index in [1.165, 1.54) is 18.2 Å². The summed E-state index contributed by atoms with van der Waals surface area (Å²) in [5.74, 6) is -0.530. The van der Waals surface area contributed by atoms with Gasteiger partial charge in [-0.3, -0.25) is 0 Å². The van der Waals surface area contributed by atoms with Crippen molar-refractivity contribution in [2.45, 2.75) is 25.4 Å². The van der Waals surface area contributed by atoms with Gasteiger partial charge in [0.15, 0.2) is 11.5 Å². The van der Waals surface area contributed by atoms with Crippen LogP contribution in [0.1, 0.15) is 39.6 Å². The number of hydrogen-bond acceptors (Lipinski definition) is 6. The van der Waals surface area contributed by atoms with Gasteiger partial charge in [-0.05, 0) is 35.6 Å². The molecule has 6 nitrogen and oxygen atoms in total. The molecular formula is C22H22N4O2. The molecule has 1 atom stereocenters. The Morgan fingerprint density at radius 1 is 1.25 bits per heavy atom. The molecule has 4 rings (SSSR count). The molecule has 2 aromatic carbocycles. The SMILES string of the molecule is COC(=O)c1nc(-c2cccc(CN[C@H]3CCc4ccccc43)c2)cnc1N. The van der Waals surface area contributed by atoms with Crippen LogP contribution in [0.15, 0.2) is 54.7 Å². The minimum absolute atomic E-state index is 0.0334. The molecule has 0 saturated heterocycles. The van der Waals surface area contributed by atoms with Gasteiger partial charge in [-0.15, -0.1) is 0 Å². The first-order valence-corrected chi connectivity index (χ1v) is 9.27. The number of rotatable bonds is 5. The van der Waals surface area contributed by atoms with Crippen molar-refractivity contribution in [3.05, 3.63) is 77.1 Å². The second-order valence-corrected chi connectivity index (χ2v) is 6.85. The topological polar surface area (TPSA) is 90.1 Å². The molecule has 1 aromatic heterocycles. The van der Waals surface area contributed by atoms with Crippen molar-refractivity contribution in [1.82, 2.24) is 15.3 Å². The fraction of sp³-hybridized carbons (Fsp3) is 0.227. The maximum atomic E-state index is 11.8. The summed E-state index contributed by atoms with van der Waals surface area (Å²) in [6.45, 7) is 0.749. The Bertz CT molecular complexity index is 1020. The number of nitrogens with one attached hydrogen (secondary N) is 1. The molecule has 0 saturated carbocycles. The molecule has 0 unspecified atom stereocenters. The average Bonchev–Trinajstić information content (AvgIpc) is 3.15. The minimum Gasteiger partial charge on any atom is -0.464 e. The molecule has 0 aliphatic heterocycles. The first kappa shape index (κ1) is 18.1. The molecule has 1 aliphatic carbocycles. The monoisotopic (exact) mass is 374 g/mol. The fourth-order valence-corrected chi connectivity index (χ4v) is 3.64. The first-order chi connectivity index (χ1) is 13.7. The summed E-state index contributed by atoms with van der Waals surface area (Å²) >= 11 is 0. The Morgan fingerprint density at radius 2 is 2.11 bits per heavy atom. The van der Waals surface area contributed by atoms with Crippen LogP contribution in [0.4, 0.5) is 5.82 Å². The summed E-state index contributed by atoms with van der Waals surface area (Å²) in [6, 6.07) is 17.0. The van der Waals surface area contributed by atoms with Crippen LogP contribution in [0.3, 0.4) is 0 Å². The highest BCUT2D eigenvalue weighted by Gasteiger charge is 2.21. The maximum absolute atomic E-state index is 11.8. The number of methoxy groups -OCH3 is 1. The average molecular weight is 374 g/mol. The van der Waals surface area contributed by atoms with Crippen LogP contribution in [0, 0.1) is 0 Å². The standard InChI is InChI=1S/C22H22N4O2/c1-28-22(27)20-21(23)25-13-19(26-20)16-7-4-5-14(11-16)12-24-18-10-9-15-6-2-3-8-17(15)18/h2-8,11,13,18,24H,9-10,12H2,1H3,(H2,23,25)/t18-/m0/s1. The fourth-order valence-electron chi connectivity index (χ4n) is 3.64. The third kappa shape index (κ3) is 3.59. The lowest BCUT2D eigenvalue weighted by molar-refractivity contribution is 0.0595. The lowest BCUT2D eigenvalue weighted by Gasteiger charge is -2.14. The van der Waals surface area contributed by atoms with Crippen LogP contribution in [0.2, 0.25) is 0 Å². The number of benzene rings is 2. The zero-order chi connectivity index (χ0) is 19.5. The number of anilines is 1. The molecule has 0 radical (unpaired) electrons. The zero-order valence-corrected chi connectivity index (χ0v) is 15.7. The Kier molecular flexibility index (Phi) is 5.04. The number of hydrogen-bond donors (Lipinski definition) is 2. The Balaban J connectivity index is 1.52. The van der Waals surface area contributed by atoms with Gasteiger partial charge in [-0.2, -0.15) is 0 Å². The van der Waals surface area contributed by atoms with E-state index in [-0.39, 0.29) is 11.5 Å². The number of esters is 1. The van der Waals surface area contributed by atoms with Crippen molar-refractivity contribution in [3.8, 4) is 11.3 Å². The summed E-state index contributed by atoms with van der Waals surface area (Å²) in [6.07, 6.45) is 3.80. The van der Waals surface area contributed by atoms with E-state index in [0.29, 0.717) is 11.7 Å². The number of carbonyl (C=O) groups excluding carboxylic acids is 1. The van der Waals surface area contributed by atoms with Crippen molar-refractivity contribution < 1.29 is 9.53 Å². The van der Waals surface area contributed by atoms with Gasteiger partial charge in [-0.25, -0.2) is 14.8 Å². The van der Waals surface area contributed by atoms with Crippen LogP contribution in [-0.4, -0.2) is 23.0 Å². The number of fused-ring (bicyclic) bond motifs is 1. The van der Waals surface area contributed by atoms with Gasteiger partial charge < -0.3 is 15.8 Å². The highest BCUT2D eigenvalue weighted by Crippen LogP contribution is 2.31. The molecule has 0 spiro atoms. The number of nitrogen functional groups attached to an aromatic ring is 1. The molecule has 1 heterocycles. The number of carbonyl (C=O) groups is 1. The third-order valence-corrected chi connectivity index (χ3v) is 5.09. The number of aromatic nitrogens is 2. The second-order valence-electron chi connectivity index (χ2n) is 6.85. The molecule has 1 aliphatic rings. The van der Waals surface area contributed by atoms with Gasteiger partial charge in [0.25, 0.3) is 0 Å². The molecule has 3 aromatic rings. The summed E-state index contributed by atoms with van der Waals surface area (Å²) in [7, 11) is 1.30. The van der Waals surface area contributed by atoms with E-state index in [4.69, 9.17) is 10.5 Å². The molecule has 6 heteroatoms. The second kappa shape index (κ2) is 7.78. The smallest absolute Gasteiger partial charge is 0.360 e. The minimum atomic E-state index is -0.593. The van der Waals surface area contributed by atoms with Gasteiger partial charge in [0.05, 0.1) is 19.0 Å². The highest BCUT2D eigenvalue weighted by molar-refractivity contribution is 5.92. The number of ether oxygens (including phenoxy) is 1. The van der Waals surface area contributed by atoms with E-state index in [1.807, 2.05) is 12.1 Å². The Labute approximate surface area is 163 Å². The first-order valence-electron chi connectivity index (χ1n) is 9.27. The number of nitrogens with two attached hydrogens (primary N) is 1. The quantitative estimate of drug-likeness (QED) is 0.666.